The van der Waals surface area contributed by atoms with Gasteiger partial charge in [-0.15, -0.1) is 0 Å². The number of methoxy groups -OCH3 is 1. The zero-order valence-corrected chi connectivity index (χ0v) is 11.2. The summed E-state index contributed by atoms with van der Waals surface area (Å²) in [6.45, 7) is 0.727. The predicted molar refractivity (Wildman–Crippen MR) is 64.3 cm³/mol. The maximum absolute atomic E-state index is 13.3. The van der Waals surface area contributed by atoms with Gasteiger partial charge in [0.1, 0.15) is 11.9 Å². The largest absolute Gasteiger partial charge is 0.468 e. The molecular formula is C11H14FNO5S. The van der Waals surface area contributed by atoms with E-state index < -0.39 is 34.5 Å². The van der Waals surface area contributed by atoms with Crippen molar-refractivity contribution in [2.75, 3.05) is 13.7 Å². The molecule has 0 aromatic heterocycles. The van der Waals surface area contributed by atoms with Crippen LogP contribution in [-0.2, 0) is 19.6 Å². The SMILES string of the molecule is COC(=O)C(CO)NS(=O)(=O)c1ccc(C)c(F)c1. The minimum absolute atomic E-state index is 0.297. The summed E-state index contributed by atoms with van der Waals surface area (Å²) in [5.74, 6) is -1.61. The van der Waals surface area contributed by atoms with E-state index in [9.17, 15) is 17.6 Å². The second-order valence-corrected chi connectivity index (χ2v) is 5.50. The summed E-state index contributed by atoms with van der Waals surface area (Å²) in [5, 5.41) is 8.93. The van der Waals surface area contributed by atoms with Crippen LogP contribution in [0.4, 0.5) is 4.39 Å². The second-order valence-electron chi connectivity index (χ2n) is 3.79. The lowest BCUT2D eigenvalue weighted by molar-refractivity contribution is -0.143. The van der Waals surface area contributed by atoms with E-state index in [0.717, 1.165) is 13.2 Å². The van der Waals surface area contributed by atoms with Gasteiger partial charge in [-0.05, 0) is 24.6 Å². The minimum atomic E-state index is -4.12. The molecule has 19 heavy (non-hydrogen) atoms. The van der Waals surface area contributed by atoms with Crippen LogP contribution in [0.3, 0.4) is 0 Å². The first-order valence-corrected chi connectivity index (χ1v) is 6.77. The molecule has 8 heteroatoms. The minimum Gasteiger partial charge on any atom is -0.468 e. The van der Waals surface area contributed by atoms with Gasteiger partial charge in [-0.2, -0.15) is 4.72 Å². The number of carbonyl (C=O) groups is 1. The smallest absolute Gasteiger partial charge is 0.326 e. The summed E-state index contributed by atoms with van der Waals surface area (Å²) in [4.78, 5) is 10.9. The molecule has 0 radical (unpaired) electrons. The first-order chi connectivity index (χ1) is 8.81. The van der Waals surface area contributed by atoms with Gasteiger partial charge in [0.05, 0.1) is 18.6 Å². The highest BCUT2D eigenvalue weighted by Crippen LogP contribution is 2.14. The van der Waals surface area contributed by atoms with Gasteiger partial charge in [-0.25, -0.2) is 12.8 Å². The highest BCUT2D eigenvalue weighted by molar-refractivity contribution is 7.89. The number of aliphatic hydroxyl groups is 1. The van der Waals surface area contributed by atoms with Crippen LogP contribution >= 0.6 is 0 Å². The number of esters is 1. The van der Waals surface area contributed by atoms with Crippen molar-refractivity contribution in [1.29, 1.82) is 0 Å². The predicted octanol–water partition coefficient (Wildman–Crippen LogP) is -0.0537. The Labute approximate surface area is 110 Å². The van der Waals surface area contributed by atoms with Gasteiger partial charge in [0.2, 0.25) is 10.0 Å². The molecule has 0 spiro atoms. The van der Waals surface area contributed by atoms with Gasteiger partial charge >= 0.3 is 5.97 Å². The van der Waals surface area contributed by atoms with Crippen molar-refractivity contribution in [3.05, 3.63) is 29.6 Å². The Morgan fingerprint density at radius 2 is 2.16 bits per heavy atom. The zero-order valence-electron chi connectivity index (χ0n) is 10.4. The summed E-state index contributed by atoms with van der Waals surface area (Å²) in [6.07, 6.45) is 0. The number of sulfonamides is 1. The summed E-state index contributed by atoms with van der Waals surface area (Å²) in [5.41, 5.74) is 0.297. The molecule has 0 saturated carbocycles. The third-order valence-electron chi connectivity index (χ3n) is 2.42. The Bertz CT molecular complexity index is 572. The number of hydrogen-bond donors (Lipinski definition) is 2. The van der Waals surface area contributed by atoms with Crippen LogP contribution in [0, 0.1) is 12.7 Å². The molecule has 0 heterocycles. The third kappa shape index (κ3) is 3.72. The number of rotatable bonds is 5. The van der Waals surface area contributed by atoms with E-state index in [2.05, 4.69) is 4.74 Å². The summed E-state index contributed by atoms with van der Waals surface area (Å²) in [6, 6.07) is 1.91. The van der Waals surface area contributed by atoms with Crippen LogP contribution < -0.4 is 4.72 Å². The van der Waals surface area contributed by atoms with Crippen molar-refractivity contribution < 1.29 is 27.4 Å². The van der Waals surface area contributed by atoms with Crippen molar-refractivity contribution in [3.63, 3.8) is 0 Å². The lowest BCUT2D eigenvalue weighted by Gasteiger charge is -2.14. The molecule has 1 aromatic rings. The van der Waals surface area contributed by atoms with Crippen molar-refractivity contribution in [1.82, 2.24) is 4.72 Å². The number of hydrogen-bond acceptors (Lipinski definition) is 5. The Morgan fingerprint density at radius 3 is 2.63 bits per heavy atom. The van der Waals surface area contributed by atoms with Crippen LogP contribution in [-0.4, -0.2) is 39.3 Å². The zero-order chi connectivity index (χ0) is 14.6. The van der Waals surface area contributed by atoms with Crippen LogP contribution in [0.2, 0.25) is 0 Å². The molecule has 1 unspecified atom stereocenters. The van der Waals surface area contributed by atoms with E-state index in [1.807, 2.05) is 4.72 Å². The highest BCUT2D eigenvalue weighted by atomic mass is 32.2. The van der Waals surface area contributed by atoms with Crippen molar-refractivity contribution in [3.8, 4) is 0 Å². The van der Waals surface area contributed by atoms with Crippen LogP contribution in [0.15, 0.2) is 23.1 Å². The maximum Gasteiger partial charge on any atom is 0.326 e. The number of ether oxygens (including phenoxy) is 1. The van der Waals surface area contributed by atoms with Crippen molar-refractivity contribution >= 4 is 16.0 Å². The molecule has 106 valence electrons. The molecule has 1 aromatic carbocycles. The van der Waals surface area contributed by atoms with E-state index >= 15 is 0 Å². The van der Waals surface area contributed by atoms with Crippen LogP contribution in [0.25, 0.3) is 0 Å². The molecule has 0 aliphatic rings. The van der Waals surface area contributed by atoms with Gasteiger partial charge in [0, 0.05) is 0 Å². The highest BCUT2D eigenvalue weighted by Gasteiger charge is 2.26. The van der Waals surface area contributed by atoms with E-state index in [4.69, 9.17) is 5.11 Å². The van der Waals surface area contributed by atoms with Gasteiger partial charge < -0.3 is 9.84 Å². The standard InChI is InChI=1S/C11H14FNO5S/c1-7-3-4-8(5-9(7)12)19(16,17)13-10(6-14)11(15)18-2/h3-5,10,13-14H,6H2,1-2H3. The molecule has 0 bridgehead atoms. The molecule has 0 fully saturated rings. The number of aliphatic hydroxyl groups excluding tert-OH is 1. The summed E-state index contributed by atoms with van der Waals surface area (Å²) in [7, 11) is -3.06. The van der Waals surface area contributed by atoms with Gasteiger partial charge in [0.25, 0.3) is 0 Å². The van der Waals surface area contributed by atoms with Crippen LogP contribution in [0.1, 0.15) is 5.56 Å². The van der Waals surface area contributed by atoms with E-state index in [1.54, 1.807) is 0 Å². The van der Waals surface area contributed by atoms with Gasteiger partial charge in [-0.3, -0.25) is 4.79 Å². The number of aryl methyl sites for hydroxylation is 1. The van der Waals surface area contributed by atoms with E-state index in [-0.39, 0.29) is 4.90 Å². The number of halogens is 1. The molecule has 1 atom stereocenters. The average Bonchev–Trinajstić information content (AvgIpc) is 2.38. The number of nitrogens with one attached hydrogen (secondary N) is 1. The lowest BCUT2D eigenvalue weighted by atomic mass is 10.2. The molecule has 0 amide bonds. The molecule has 0 aliphatic carbocycles. The fraction of sp³-hybridized carbons (Fsp3) is 0.364. The molecule has 6 nitrogen and oxygen atoms in total. The average molecular weight is 291 g/mol. The molecule has 1 rings (SSSR count). The molecule has 0 aliphatic heterocycles. The second kappa shape index (κ2) is 6.09. The fourth-order valence-electron chi connectivity index (χ4n) is 1.30. The van der Waals surface area contributed by atoms with E-state index in [0.29, 0.717) is 5.56 Å². The first kappa shape index (κ1) is 15.5. The van der Waals surface area contributed by atoms with Crippen molar-refractivity contribution in [2.45, 2.75) is 17.9 Å². The van der Waals surface area contributed by atoms with Gasteiger partial charge in [-0.1, -0.05) is 6.07 Å². The summed E-state index contributed by atoms with van der Waals surface area (Å²) >= 11 is 0. The maximum atomic E-state index is 13.3. The molecule has 2 N–H and O–H groups in total. The van der Waals surface area contributed by atoms with Crippen LogP contribution in [0.5, 0.6) is 0 Å². The topological polar surface area (TPSA) is 92.7 Å². The van der Waals surface area contributed by atoms with Gasteiger partial charge in [0.15, 0.2) is 0 Å². The third-order valence-corrected chi connectivity index (χ3v) is 3.89. The quantitative estimate of drug-likeness (QED) is 0.742. The normalized spacial score (nSPS) is 13.1. The molecule has 0 saturated heterocycles. The Hall–Kier alpha value is -1.51. The fourth-order valence-corrected chi connectivity index (χ4v) is 2.49. The first-order valence-electron chi connectivity index (χ1n) is 5.29. The molecular weight excluding hydrogens is 277 g/mol. The number of carbonyl (C=O) groups excluding carboxylic acids is 1. The Morgan fingerprint density at radius 1 is 1.53 bits per heavy atom. The monoisotopic (exact) mass is 291 g/mol. The Balaban J connectivity index is 3.03. The Kier molecular flexibility index (Phi) is 4.98. The lowest BCUT2D eigenvalue weighted by Crippen LogP contribution is -2.43. The number of benzene rings is 1. The van der Waals surface area contributed by atoms with E-state index in [1.165, 1.54) is 19.1 Å². The summed E-state index contributed by atoms with van der Waals surface area (Å²) < 4.78 is 43.4. The van der Waals surface area contributed by atoms with Crippen molar-refractivity contribution in [2.24, 2.45) is 0 Å².